The average Bonchev–Trinajstić information content (AvgIpc) is 2.45. The first kappa shape index (κ1) is 15.3. The zero-order valence-electron chi connectivity index (χ0n) is 12.0. The maximum Gasteiger partial charge on any atom is 0.214 e. The van der Waals surface area contributed by atoms with Crippen LogP contribution in [0.2, 0.25) is 0 Å². The molecular formula is C16H17BrN4. The van der Waals surface area contributed by atoms with Crippen LogP contribution >= 0.6 is 15.9 Å². The van der Waals surface area contributed by atoms with Crippen molar-refractivity contribution in [3.05, 3.63) is 63.6 Å². The van der Waals surface area contributed by atoms with Crippen molar-refractivity contribution in [1.82, 2.24) is 5.43 Å². The number of nitrogens with two attached hydrogens (primary N) is 1. The predicted molar refractivity (Wildman–Crippen MR) is 92.1 cm³/mol. The van der Waals surface area contributed by atoms with E-state index in [0.29, 0.717) is 0 Å². The van der Waals surface area contributed by atoms with Gasteiger partial charge in [-0.3, -0.25) is 0 Å². The van der Waals surface area contributed by atoms with Crippen LogP contribution in [0.5, 0.6) is 0 Å². The van der Waals surface area contributed by atoms with Gasteiger partial charge in [-0.1, -0.05) is 46.3 Å². The van der Waals surface area contributed by atoms with Gasteiger partial charge in [-0.2, -0.15) is 5.10 Å². The van der Waals surface area contributed by atoms with Gasteiger partial charge < -0.3 is 5.73 Å². The maximum absolute atomic E-state index is 5.85. The first-order valence-corrected chi connectivity index (χ1v) is 7.30. The molecular weight excluding hydrogens is 328 g/mol. The Bertz CT molecular complexity index is 655. The Morgan fingerprint density at radius 1 is 1.10 bits per heavy atom. The van der Waals surface area contributed by atoms with Gasteiger partial charge in [0.2, 0.25) is 5.96 Å². The number of rotatable bonds is 3. The van der Waals surface area contributed by atoms with E-state index in [0.717, 1.165) is 26.9 Å². The lowest BCUT2D eigenvalue weighted by Crippen LogP contribution is -2.27. The standard InChI is InChI=1S/C16H17BrN4/c1-11-4-3-5-12(2)15(11)20-16(18)21-19-10-13-6-8-14(17)9-7-13/h3-10H,1-2H3,(H3,18,20,21). The first-order chi connectivity index (χ1) is 10.1. The molecule has 0 saturated heterocycles. The Kier molecular flexibility index (Phi) is 5.11. The van der Waals surface area contributed by atoms with E-state index in [4.69, 9.17) is 5.73 Å². The van der Waals surface area contributed by atoms with E-state index in [2.05, 4.69) is 31.4 Å². The second kappa shape index (κ2) is 7.04. The van der Waals surface area contributed by atoms with Crippen LogP contribution in [0.4, 0.5) is 5.69 Å². The molecule has 0 atom stereocenters. The summed E-state index contributed by atoms with van der Waals surface area (Å²) in [5, 5.41) is 4.08. The topological polar surface area (TPSA) is 62.8 Å². The van der Waals surface area contributed by atoms with Crippen LogP contribution in [-0.2, 0) is 0 Å². The molecule has 0 aromatic heterocycles. The highest BCUT2D eigenvalue weighted by Crippen LogP contribution is 2.22. The number of hydrazone groups is 1. The molecule has 2 aromatic carbocycles. The van der Waals surface area contributed by atoms with Gasteiger partial charge in [0.25, 0.3) is 0 Å². The van der Waals surface area contributed by atoms with E-state index in [1.807, 2.05) is 56.3 Å². The van der Waals surface area contributed by atoms with Gasteiger partial charge in [-0.15, -0.1) is 0 Å². The maximum atomic E-state index is 5.85. The van der Waals surface area contributed by atoms with Gasteiger partial charge >= 0.3 is 0 Å². The number of aliphatic imine (C=N–C) groups is 1. The molecule has 2 rings (SSSR count). The molecule has 5 heteroatoms. The van der Waals surface area contributed by atoms with Crippen LogP contribution < -0.4 is 11.2 Å². The molecule has 0 saturated carbocycles. The molecule has 21 heavy (non-hydrogen) atoms. The second-order valence-corrected chi connectivity index (χ2v) is 5.57. The molecule has 0 amide bonds. The fourth-order valence-electron chi connectivity index (χ4n) is 1.85. The Balaban J connectivity index is 2.06. The van der Waals surface area contributed by atoms with Gasteiger partial charge in [-0.05, 0) is 42.7 Å². The molecule has 108 valence electrons. The van der Waals surface area contributed by atoms with Crippen molar-refractivity contribution in [3.63, 3.8) is 0 Å². The van der Waals surface area contributed by atoms with E-state index < -0.39 is 0 Å². The summed E-state index contributed by atoms with van der Waals surface area (Å²) in [6.07, 6.45) is 1.69. The number of para-hydroxylation sites is 1. The summed E-state index contributed by atoms with van der Waals surface area (Å²) < 4.78 is 1.03. The van der Waals surface area contributed by atoms with Crippen LogP contribution in [0.25, 0.3) is 0 Å². The Labute approximate surface area is 132 Å². The van der Waals surface area contributed by atoms with Crippen LogP contribution in [0.15, 0.2) is 57.0 Å². The molecule has 0 spiro atoms. The number of nitrogens with zero attached hydrogens (tertiary/aromatic N) is 2. The highest BCUT2D eigenvalue weighted by Gasteiger charge is 2.00. The summed E-state index contributed by atoms with van der Waals surface area (Å²) in [5.41, 5.74) is 12.6. The van der Waals surface area contributed by atoms with Crippen molar-refractivity contribution in [2.75, 3.05) is 0 Å². The third kappa shape index (κ3) is 4.43. The number of aryl methyl sites for hydroxylation is 2. The minimum Gasteiger partial charge on any atom is -0.368 e. The molecule has 3 N–H and O–H groups in total. The number of benzene rings is 2. The van der Waals surface area contributed by atoms with Crippen molar-refractivity contribution in [1.29, 1.82) is 0 Å². The van der Waals surface area contributed by atoms with Crippen LogP contribution in [0.3, 0.4) is 0 Å². The average molecular weight is 345 g/mol. The molecule has 0 fully saturated rings. The summed E-state index contributed by atoms with van der Waals surface area (Å²) in [4.78, 5) is 4.37. The number of nitrogens with one attached hydrogen (secondary N) is 1. The molecule has 0 radical (unpaired) electrons. The Hall–Kier alpha value is -2.14. The molecule has 4 nitrogen and oxygen atoms in total. The smallest absolute Gasteiger partial charge is 0.214 e. The lowest BCUT2D eigenvalue weighted by molar-refractivity contribution is 1.01. The van der Waals surface area contributed by atoms with E-state index in [-0.39, 0.29) is 5.96 Å². The van der Waals surface area contributed by atoms with Gasteiger partial charge in [-0.25, -0.2) is 10.4 Å². The fraction of sp³-hybridized carbons (Fsp3) is 0.125. The van der Waals surface area contributed by atoms with E-state index in [1.165, 1.54) is 0 Å². The van der Waals surface area contributed by atoms with Crippen LogP contribution in [0.1, 0.15) is 16.7 Å². The zero-order chi connectivity index (χ0) is 15.2. The quantitative estimate of drug-likeness (QED) is 0.507. The highest BCUT2D eigenvalue weighted by atomic mass is 79.9. The van der Waals surface area contributed by atoms with Crippen molar-refractivity contribution in [2.45, 2.75) is 13.8 Å². The second-order valence-electron chi connectivity index (χ2n) is 4.66. The summed E-state index contributed by atoms with van der Waals surface area (Å²) in [6.45, 7) is 4.01. The van der Waals surface area contributed by atoms with Crippen molar-refractivity contribution >= 4 is 33.8 Å². The molecule has 0 bridgehead atoms. The highest BCUT2D eigenvalue weighted by molar-refractivity contribution is 9.10. The van der Waals surface area contributed by atoms with Crippen molar-refractivity contribution in [3.8, 4) is 0 Å². The largest absolute Gasteiger partial charge is 0.368 e. The predicted octanol–water partition coefficient (Wildman–Crippen LogP) is 3.64. The fourth-order valence-corrected chi connectivity index (χ4v) is 2.11. The minimum absolute atomic E-state index is 0.265. The van der Waals surface area contributed by atoms with Gasteiger partial charge in [0.05, 0.1) is 11.9 Å². The number of halogens is 1. The summed E-state index contributed by atoms with van der Waals surface area (Å²) in [5.74, 6) is 0.265. The van der Waals surface area contributed by atoms with Crippen molar-refractivity contribution < 1.29 is 0 Å². The summed E-state index contributed by atoms with van der Waals surface area (Å²) in [7, 11) is 0. The minimum atomic E-state index is 0.265. The third-order valence-corrected chi connectivity index (χ3v) is 3.46. The lowest BCUT2D eigenvalue weighted by atomic mass is 10.1. The molecule has 0 aliphatic carbocycles. The van der Waals surface area contributed by atoms with E-state index in [1.54, 1.807) is 6.21 Å². The molecule has 0 aliphatic rings. The Morgan fingerprint density at radius 3 is 2.33 bits per heavy atom. The van der Waals surface area contributed by atoms with E-state index >= 15 is 0 Å². The van der Waals surface area contributed by atoms with E-state index in [9.17, 15) is 0 Å². The number of hydrogen-bond donors (Lipinski definition) is 2. The monoisotopic (exact) mass is 344 g/mol. The molecule has 0 heterocycles. The number of hydrogen-bond acceptors (Lipinski definition) is 2. The van der Waals surface area contributed by atoms with Gasteiger partial charge in [0.1, 0.15) is 0 Å². The van der Waals surface area contributed by atoms with Crippen LogP contribution in [-0.4, -0.2) is 12.2 Å². The Morgan fingerprint density at radius 2 is 1.71 bits per heavy atom. The summed E-state index contributed by atoms with van der Waals surface area (Å²) >= 11 is 3.39. The number of guanidine groups is 1. The lowest BCUT2D eigenvalue weighted by Gasteiger charge is -2.05. The normalized spacial score (nSPS) is 11.9. The summed E-state index contributed by atoms with van der Waals surface area (Å²) in [6, 6.07) is 13.8. The van der Waals surface area contributed by atoms with Crippen molar-refractivity contribution in [2.24, 2.45) is 15.8 Å². The third-order valence-electron chi connectivity index (χ3n) is 2.93. The first-order valence-electron chi connectivity index (χ1n) is 6.51. The molecule has 2 aromatic rings. The molecule has 0 aliphatic heterocycles. The molecule has 0 unspecified atom stereocenters. The SMILES string of the molecule is Cc1cccc(C)c1N=C(N)NN=Cc1ccc(Br)cc1. The zero-order valence-corrected chi connectivity index (χ0v) is 13.6. The van der Waals surface area contributed by atoms with Gasteiger partial charge in [0.15, 0.2) is 0 Å². The van der Waals surface area contributed by atoms with Gasteiger partial charge in [0, 0.05) is 4.47 Å². The van der Waals surface area contributed by atoms with Crippen LogP contribution in [0, 0.1) is 13.8 Å².